The van der Waals surface area contributed by atoms with Gasteiger partial charge in [0.25, 0.3) is 0 Å². The predicted octanol–water partition coefficient (Wildman–Crippen LogP) is 1.85. The van der Waals surface area contributed by atoms with Gasteiger partial charge in [0.05, 0.1) is 13.2 Å². The molecule has 1 saturated carbocycles. The van der Waals surface area contributed by atoms with Crippen LogP contribution in [0.5, 0.6) is 0 Å². The van der Waals surface area contributed by atoms with Crippen LogP contribution in [0.4, 0.5) is 0 Å². The van der Waals surface area contributed by atoms with E-state index in [9.17, 15) is 9.59 Å². The van der Waals surface area contributed by atoms with Gasteiger partial charge in [-0.15, -0.1) is 0 Å². The van der Waals surface area contributed by atoms with Gasteiger partial charge < -0.3 is 10.1 Å². The molecule has 1 amide bonds. The molecule has 1 N–H and O–H groups in total. The van der Waals surface area contributed by atoms with Crippen LogP contribution < -0.4 is 5.32 Å². The Labute approximate surface area is 127 Å². The van der Waals surface area contributed by atoms with Crippen LogP contribution in [0.15, 0.2) is 0 Å². The number of ether oxygens (including phenoxy) is 1. The Morgan fingerprint density at radius 2 is 1.76 bits per heavy atom. The van der Waals surface area contributed by atoms with Crippen molar-refractivity contribution in [3.8, 4) is 0 Å². The molecule has 0 aromatic carbocycles. The van der Waals surface area contributed by atoms with E-state index in [0.29, 0.717) is 6.04 Å². The first kappa shape index (κ1) is 16.3. The minimum Gasteiger partial charge on any atom is -0.468 e. The Morgan fingerprint density at radius 3 is 2.43 bits per heavy atom. The summed E-state index contributed by atoms with van der Waals surface area (Å²) in [4.78, 5) is 26.4. The van der Waals surface area contributed by atoms with Gasteiger partial charge in [0.2, 0.25) is 5.91 Å². The number of amides is 1. The average molecular weight is 296 g/mol. The lowest BCUT2D eigenvalue weighted by Crippen LogP contribution is -2.55. The highest BCUT2D eigenvalue weighted by Crippen LogP contribution is 2.22. The third-order valence-corrected chi connectivity index (χ3v) is 4.85. The third-order valence-electron chi connectivity index (χ3n) is 4.85. The maximum absolute atomic E-state index is 12.5. The van der Waals surface area contributed by atoms with Crippen LogP contribution in [0.2, 0.25) is 0 Å². The molecule has 0 spiro atoms. The summed E-state index contributed by atoms with van der Waals surface area (Å²) >= 11 is 0. The van der Waals surface area contributed by atoms with Gasteiger partial charge in [-0.1, -0.05) is 25.7 Å². The smallest absolute Gasteiger partial charge is 0.323 e. The van der Waals surface area contributed by atoms with E-state index in [1.54, 1.807) is 0 Å². The van der Waals surface area contributed by atoms with Gasteiger partial charge in [-0.2, -0.15) is 0 Å². The molecule has 2 fully saturated rings. The van der Waals surface area contributed by atoms with Crippen molar-refractivity contribution in [3.05, 3.63) is 0 Å². The minimum absolute atomic E-state index is 0.0534. The molecule has 2 unspecified atom stereocenters. The van der Waals surface area contributed by atoms with Crippen LogP contribution in [0.1, 0.15) is 58.3 Å². The van der Waals surface area contributed by atoms with Gasteiger partial charge in [-0.3, -0.25) is 14.5 Å². The van der Waals surface area contributed by atoms with Crippen LogP contribution in [0.25, 0.3) is 0 Å². The lowest BCUT2D eigenvalue weighted by Gasteiger charge is -2.38. The number of esters is 1. The largest absolute Gasteiger partial charge is 0.468 e. The lowest BCUT2D eigenvalue weighted by atomic mass is 9.95. The van der Waals surface area contributed by atoms with Crippen molar-refractivity contribution < 1.29 is 14.3 Å². The number of carbonyl (C=O) groups is 2. The summed E-state index contributed by atoms with van der Waals surface area (Å²) in [5.74, 6) is -0.162. The predicted molar refractivity (Wildman–Crippen MR) is 80.8 cm³/mol. The number of hydrogen-bond acceptors (Lipinski definition) is 4. The molecule has 1 heterocycles. The highest BCUT2D eigenvalue weighted by Gasteiger charge is 2.35. The monoisotopic (exact) mass is 296 g/mol. The molecule has 21 heavy (non-hydrogen) atoms. The van der Waals surface area contributed by atoms with E-state index in [4.69, 9.17) is 4.74 Å². The van der Waals surface area contributed by atoms with E-state index >= 15 is 0 Å². The van der Waals surface area contributed by atoms with Crippen molar-refractivity contribution in [3.63, 3.8) is 0 Å². The van der Waals surface area contributed by atoms with Crippen LogP contribution in [-0.2, 0) is 14.3 Å². The quantitative estimate of drug-likeness (QED) is 0.804. The summed E-state index contributed by atoms with van der Waals surface area (Å²) in [6, 6.07) is -0.220. The Hall–Kier alpha value is -1.10. The topological polar surface area (TPSA) is 58.6 Å². The first-order valence-corrected chi connectivity index (χ1v) is 8.27. The number of carbonyl (C=O) groups excluding carboxylic acids is 2. The second kappa shape index (κ2) is 7.78. The Balaban J connectivity index is 1.93. The second-order valence-corrected chi connectivity index (χ2v) is 6.29. The number of nitrogens with one attached hydrogen (secondary N) is 1. The zero-order valence-corrected chi connectivity index (χ0v) is 13.3. The normalized spacial score (nSPS) is 26.1. The molecule has 2 atom stereocenters. The zero-order valence-electron chi connectivity index (χ0n) is 13.3. The van der Waals surface area contributed by atoms with Crippen molar-refractivity contribution in [2.24, 2.45) is 0 Å². The molecule has 0 aromatic heterocycles. The van der Waals surface area contributed by atoms with E-state index in [0.717, 1.165) is 38.6 Å². The number of likely N-dealkylation sites (tertiary alicyclic amines) is 1. The standard InChI is InChI=1S/C16H28N2O3/c1-12(15(19)17-13-8-4-3-5-9-13)18-11-7-6-10-14(18)16(20)21-2/h12-14H,3-11H2,1-2H3,(H,17,19). The fraction of sp³-hybridized carbons (Fsp3) is 0.875. The van der Waals surface area contributed by atoms with Gasteiger partial charge in [-0.05, 0) is 39.2 Å². The van der Waals surface area contributed by atoms with Crippen molar-refractivity contribution in [2.45, 2.75) is 76.4 Å². The minimum atomic E-state index is -0.268. The number of methoxy groups -OCH3 is 1. The maximum Gasteiger partial charge on any atom is 0.323 e. The number of nitrogens with zero attached hydrogens (tertiary/aromatic N) is 1. The first-order valence-electron chi connectivity index (χ1n) is 8.27. The molecule has 0 aromatic rings. The Bertz CT molecular complexity index is 367. The number of hydrogen-bond donors (Lipinski definition) is 1. The summed E-state index contributed by atoms with van der Waals surface area (Å²) in [5, 5.41) is 3.16. The summed E-state index contributed by atoms with van der Waals surface area (Å²) < 4.78 is 4.89. The molecule has 120 valence electrons. The van der Waals surface area contributed by atoms with E-state index < -0.39 is 0 Å². The molecule has 2 rings (SSSR count). The van der Waals surface area contributed by atoms with E-state index in [-0.39, 0.29) is 24.0 Å². The van der Waals surface area contributed by atoms with Crippen molar-refractivity contribution in [1.29, 1.82) is 0 Å². The molecule has 5 heteroatoms. The molecule has 1 aliphatic heterocycles. The van der Waals surface area contributed by atoms with Gasteiger partial charge in [0, 0.05) is 6.04 Å². The molecular weight excluding hydrogens is 268 g/mol. The fourth-order valence-electron chi connectivity index (χ4n) is 3.53. The van der Waals surface area contributed by atoms with Gasteiger partial charge in [0.1, 0.15) is 6.04 Å². The number of piperidine rings is 1. The molecular formula is C16H28N2O3. The second-order valence-electron chi connectivity index (χ2n) is 6.29. The average Bonchev–Trinajstić information content (AvgIpc) is 2.54. The molecule has 5 nitrogen and oxygen atoms in total. The summed E-state index contributed by atoms with van der Waals surface area (Å²) in [6.45, 7) is 2.69. The Morgan fingerprint density at radius 1 is 1.10 bits per heavy atom. The summed E-state index contributed by atoms with van der Waals surface area (Å²) in [7, 11) is 1.42. The molecule has 2 aliphatic rings. The lowest BCUT2D eigenvalue weighted by molar-refractivity contribution is -0.150. The SMILES string of the molecule is COC(=O)C1CCCCN1C(C)C(=O)NC1CCCCC1. The van der Waals surface area contributed by atoms with E-state index in [1.807, 2.05) is 11.8 Å². The van der Waals surface area contributed by atoms with Gasteiger partial charge in [0.15, 0.2) is 0 Å². The molecule has 0 radical (unpaired) electrons. The van der Waals surface area contributed by atoms with Crippen LogP contribution in [0, 0.1) is 0 Å². The summed E-state index contributed by atoms with van der Waals surface area (Å²) in [5.41, 5.74) is 0. The Kier molecular flexibility index (Phi) is 6.03. The van der Waals surface area contributed by atoms with Crippen molar-refractivity contribution in [1.82, 2.24) is 10.2 Å². The van der Waals surface area contributed by atoms with E-state index in [1.165, 1.54) is 26.4 Å². The van der Waals surface area contributed by atoms with Crippen LogP contribution >= 0.6 is 0 Å². The maximum atomic E-state index is 12.5. The van der Waals surface area contributed by atoms with Crippen molar-refractivity contribution in [2.75, 3.05) is 13.7 Å². The molecule has 0 bridgehead atoms. The van der Waals surface area contributed by atoms with Crippen molar-refractivity contribution >= 4 is 11.9 Å². The highest BCUT2D eigenvalue weighted by atomic mass is 16.5. The van der Waals surface area contributed by atoms with Gasteiger partial charge in [-0.25, -0.2) is 0 Å². The van der Waals surface area contributed by atoms with Crippen LogP contribution in [-0.4, -0.2) is 48.6 Å². The number of rotatable bonds is 4. The third kappa shape index (κ3) is 4.19. The van der Waals surface area contributed by atoms with Crippen LogP contribution in [0.3, 0.4) is 0 Å². The first-order chi connectivity index (χ1) is 10.1. The van der Waals surface area contributed by atoms with E-state index in [2.05, 4.69) is 5.32 Å². The zero-order chi connectivity index (χ0) is 15.2. The van der Waals surface area contributed by atoms with Gasteiger partial charge >= 0.3 is 5.97 Å². The fourth-order valence-corrected chi connectivity index (χ4v) is 3.53. The molecule has 1 aliphatic carbocycles. The molecule has 1 saturated heterocycles. The highest BCUT2D eigenvalue weighted by molar-refractivity contribution is 5.83. The summed E-state index contributed by atoms with van der Waals surface area (Å²) in [6.07, 6.45) is 8.69.